The molecule has 1 fully saturated rings. The van der Waals surface area contributed by atoms with Gasteiger partial charge < -0.3 is 20.6 Å². The molecule has 0 bridgehead atoms. The first-order chi connectivity index (χ1) is 9.55. The van der Waals surface area contributed by atoms with E-state index >= 15 is 0 Å². The Labute approximate surface area is 115 Å². The number of aliphatic hydroxyl groups is 3. The fraction of sp³-hybridized carbons (Fsp3) is 0.727. The lowest BCUT2D eigenvalue weighted by molar-refractivity contribution is 0.000964. The Morgan fingerprint density at radius 1 is 1.50 bits per heavy atom. The smallest absolute Gasteiger partial charge is 0.321 e. The number of anilines is 1. The Balaban J connectivity index is 1.88. The molecule has 0 saturated heterocycles. The Bertz CT molecular complexity index is 465. The minimum absolute atomic E-state index is 0.163. The Hall–Kier alpha value is -1.71. The van der Waals surface area contributed by atoms with Crippen LogP contribution >= 0.6 is 0 Å². The van der Waals surface area contributed by atoms with Gasteiger partial charge in [-0.05, 0) is 13.3 Å². The first-order valence-electron chi connectivity index (χ1n) is 6.49. The van der Waals surface area contributed by atoms with E-state index in [4.69, 9.17) is 5.11 Å². The lowest BCUT2D eigenvalue weighted by atomic mass is 10.1. The minimum atomic E-state index is -1.10. The number of carbonyl (C=O) groups is 1. The van der Waals surface area contributed by atoms with E-state index in [0.717, 1.165) is 0 Å². The number of carbonyl (C=O) groups excluding carboxylic acids is 1. The van der Waals surface area contributed by atoms with E-state index in [9.17, 15) is 15.0 Å². The fourth-order valence-electron chi connectivity index (χ4n) is 2.26. The van der Waals surface area contributed by atoms with Crippen molar-refractivity contribution >= 4 is 12.0 Å². The number of hydrogen-bond acceptors (Lipinski definition) is 6. The number of aromatic nitrogens is 3. The van der Waals surface area contributed by atoms with E-state index in [-0.39, 0.29) is 12.6 Å². The third-order valence-corrected chi connectivity index (χ3v) is 3.44. The zero-order chi connectivity index (χ0) is 14.7. The molecule has 2 rings (SSSR count). The van der Waals surface area contributed by atoms with Crippen LogP contribution in [0.15, 0.2) is 6.33 Å². The molecule has 112 valence electrons. The van der Waals surface area contributed by atoms with Gasteiger partial charge in [0.1, 0.15) is 12.4 Å². The van der Waals surface area contributed by atoms with Crippen molar-refractivity contribution in [3.05, 3.63) is 6.33 Å². The number of amides is 2. The molecule has 9 nitrogen and oxygen atoms in total. The van der Waals surface area contributed by atoms with Crippen molar-refractivity contribution < 1.29 is 20.1 Å². The molecule has 5 N–H and O–H groups in total. The van der Waals surface area contributed by atoms with Crippen LogP contribution in [0.3, 0.4) is 0 Å². The number of nitrogens with one attached hydrogen (secondary N) is 2. The average Bonchev–Trinajstić information content (AvgIpc) is 2.98. The summed E-state index contributed by atoms with van der Waals surface area (Å²) in [6.45, 7) is 2.30. The van der Waals surface area contributed by atoms with Gasteiger partial charge >= 0.3 is 6.03 Å². The zero-order valence-electron chi connectivity index (χ0n) is 11.1. The topological polar surface area (TPSA) is 133 Å². The van der Waals surface area contributed by atoms with Crippen LogP contribution in [0.25, 0.3) is 0 Å². The summed E-state index contributed by atoms with van der Waals surface area (Å²) in [7, 11) is 0. The van der Waals surface area contributed by atoms with E-state index in [0.29, 0.717) is 13.0 Å². The second-order valence-electron chi connectivity index (χ2n) is 4.79. The monoisotopic (exact) mass is 285 g/mol. The summed E-state index contributed by atoms with van der Waals surface area (Å²) < 4.78 is 1.56. The van der Waals surface area contributed by atoms with Crippen LogP contribution in [0.1, 0.15) is 13.3 Å². The molecule has 1 heterocycles. The summed E-state index contributed by atoms with van der Waals surface area (Å²) >= 11 is 0. The molecule has 1 aliphatic carbocycles. The van der Waals surface area contributed by atoms with Crippen LogP contribution in [-0.2, 0) is 6.54 Å². The molecule has 20 heavy (non-hydrogen) atoms. The average molecular weight is 285 g/mol. The van der Waals surface area contributed by atoms with Crippen molar-refractivity contribution in [2.75, 3.05) is 11.9 Å². The van der Waals surface area contributed by atoms with Crippen molar-refractivity contribution in [2.45, 2.75) is 38.1 Å². The van der Waals surface area contributed by atoms with Gasteiger partial charge in [-0.1, -0.05) is 0 Å². The number of hydrogen-bond donors (Lipinski definition) is 5. The minimum Gasteiger partial charge on any atom is -0.396 e. The molecular weight excluding hydrogens is 266 g/mol. The maximum Gasteiger partial charge on any atom is 0.321 e. The lowest BCUT2D eigenvalue weighted by Crippen LogP contribution is -2.44. The number of urea groups is 1. The summed E-state index contributed by atoms with van der Waals surface area (Å²) in [5, 5.41) is 37.5. The van der Waals surface area contributed by atoms with Crippen molar-refractivity contribution in [2.24, 2.45) is 5.92 Å². The zero-order valence-corrected chi connectivity index (χ0v) is 11.1. The molecule has 1 aliphatic rings. The van der Waals surface area contributed by atoms with Crippen LogP contribution < -0.4 is 10.6 Å². The fourth-order valence-corrected chi connectivity index (χ4v) is 2.26. The van der Waals surface area contributed by atoms with Crippen molar-refractivity contribution in [1.29, 1.82) is 0 Å². The van der Waals surface area contributed by atoms with E-state index in [1.807, 2.05) is 6.92 Å². The molecule has 0 aliphatic heterocycles. The highest BCUT2D eigenvalue weighted by Gasteiger charge is 2.41. The predicted octanol–water partition coefficient (Wildman–Crippen LogP) is -1.48. The molecule has 1 saturated carbocycles. The van der Waals surface area contributed by atoms with Crippen molar-refractivity contribution in [3.8, 4) is 0 Å². The van der Waals surface area contributed by atoms with Gasteiger partial charge in [0.15, 0.2) is 0 Å². The van der Waals surface area contributed by atoms with Crippen LogP contribution in [0, 0.1) is 5.92 Å². The maximum atomic E-state index is 11.7. The molecule has 0 aromatic carbocycles. The van der Waals surface area contributed by atoms with Gasteiger partial charge in [0.25, 0.3) is 0 Å². The largest absolute Gasteiger partial charge is 0.396 e. The van der Waals surface area contributed by atoms with Crippen LogP contribution in [-0.4, -0.2) is 61.0 Å². The highest BCUT2D eigenvalue weighted by Crippen LogP contribution is 2.26. The third kappa shape index (κ3) is 3.06. The molecule has 0 unspecified atom stereocenters. The molecule has 9 heteroatoms. The molecule has 2 amide bonds. The van der Waals surface area contributed by atoms with Gasteiger partial charge in [-0.3, -0.25) is 10.00 Å². The van der Waals surface area contributed by atoms with Crippen molar-refractivity contribution in [3.63, 3.8) is 0 Å². The van der Waals surface area contributed by atoms with Gasteiger partial charge in [-0.25, -0.2) is 9.78 Å². The summed E-state index contributed by atoms with van der Waals surface area (Å²) in [4.78, 5) is 15.6. The molecule has 1 aromatic heterocycles. The lowest BCUT2D eigenvalue weighted by Gasteiger charge is -2.17. The maximum absolute atomic E-state index is 11.7. The van der Waals surface area contributed by atoms with Gasteiger partial charge in [0, 0.05) is 19.1 Å². The SMILES string of the molecule is CCn1cnc(NC(=O)N[C@@H]2C[C@H](CO)[C@@H](O)[C@H]2O)n1. The Morgan fingerprint density at radius 2 is 2.25 bits per heavy atom. The number of aryl methyl sites for hydroxylation is 1. The predicted molar refractivity (Wildman–Crippen MR) is 68.8 cm³/mol. The van der Waals surface area contributed by atoms with Gasteiger partial charge in [-0.15, -0.1) is 5.10 Å². The van der Waals surface area contributed by atoms with Crippen LogP contribution in [0.4, 0.5) is 10.7 Å². The van der Waals surface area contributed by atoms with Gasteiger partial charge in [-0.2, -0.15) is 0 Å². The Morgan fingerprint density at radius 3 is 2.80 bits per heavy atom. The standard InChI is InChI=1S/C11H19N5O4/c1-2-16-5-12-10(15-16)14-11(20)13-7-3-6(4-17)8(18)9(7)19/h5-9,17-19H,2-4H2,1H3,(H2,13,14,15,20)/t6-,7-,8-,9+/m1/s1. The number of aliphatic hydroxyl groups excluding tert-OH is 3. The van der Waals surface area contributed by atoms with Crippen LogP contribution in [0.5, 0.6) is 0 Å². The van der Waals surface area contributed by atoms with E-state index < -0.39 is 30.2 Å². The first kappa shape index (κ1) is 14.7. The van der Waals surface area contributed by atoms with Crippen LogP contribution in [0.2, 0.25) is 0 Å². The first-order valence-corrected chi connectivity index (χ1v) is 6.49. The van der Waals surface area contributed by atoms with Gasteiger partial charge in [0.05, 0.1) is 12.1 Å². The van der Waals surface area contributed by atoms with E-state index in [1.54, 1.807) is 4.68 Å². The van der Waals surface area contributed by atoms with Gasteiger partial charge in [0.2, 0.25) is 5.95 Å². The summed E-state index contributed by atoms with van der Waals surface area (Å²) in [6.07, 6.45) is -0.337. The molecular formula is C11H19N5O4. The normalized spacial score (nSPS) is 29.4. The summed E-state index contributed by atoms with van der Waals surface area (Å²) in [5.74, 6) is -0.274. The van der Waals surface area contributed by atoms with E-state index in [1.165, 1.54) is 6.33 Å². The molecule has 1 aromatic rings. The van der Waals surface area contributed by atoms with E-state index in [2.05, 4.69) is 20.7 Å². The highest BCUT2D eigenvalue weighted by molar-refractivity contribution is 5.87. The summed E-state index contributed by atoms with van der Waals surface area (Å²) in [5.41, 5.74) is 0. The second-order valence-corrected chi connectivity index (χ2v) is 4.79. The number of nitrogens with zero attached hydrogens (tertiary/aromatic N) is 3. The van der Waals surface area contributed by atoms with Crippen molar-refractivity contribution in [1.82, 2.24) is 20.1 Å². The molecule has 0 spiro atoms. The Kier molecular flexibility index (Phi) is 4.53. The second kappa shape index (κ2) is 6.16. The summed E-state index contributed by atoms with van der Waals surface area (Å²) in [6, 6.07) is -1.18. The third-order valence-electron chi connectivity index (χ3n) is 3.44. The molecule has 4 atom stereocenters. The molecule has 0 radical (unpaired) electrons. The quantitative estimate of drug-likeness (QED) is 0.458. The highest BCUT2D eigenvalue weighted by atomic mass is 16.3. The number of rotatable bonds is 4.